The predicted octanol–water partition coefficient (Wildman–Crippen LogP) is 2.21. The van der Waals surface area contributed by atoms with Gasteiger partial charge in [-0.15, -0.1) is 5.10 Å². The quantitative estimate of drug-likeness (QED) is 0.828. The van der Waals surface area contributed by atoms with Gasteiger partial charge in [0.2, 0.25) is 11.9 Å². The highest BCUT2D eigenvalue weighted by Gasteiger charge is 2.09. The van der Waals surface area contributed by atoms with Crippen molar-refractivity contribution in [3.8, 4) is 5.69 Å². The van der Waals surface area contributed by atoms with Crippen LogP contribution < -0.4 is 11.1 Å². The second-order valence-electron chi connectivity index (χ2n) is 3.72. The lowest BCUT2D eigenvalue weighted by molar-refractivity contribution is 0.210. The summed E-state index contributed by atoms with van der Waals surface area (Å²) in [5.41, 5.74) is 6.50. The Labute approximate surface area is 120 Å². The van der Waals surface area contributed by atoms with Crippen molar-refractivity contribution in [2.24, 2.45) is 0 Å². The maximum atomic E-state index is 5.96. The van der Waals surface area contributed by atoms with Crippen molar-refractivity contribution >= 4 is 35.1 Å². The summed E-state index contributed by atoms with van der Waals surface area (Å²) in [7, 11) is 1.62. The summed E-state index contributed by atoms with van der Waals surface area (Å²) in [4.78, 5) is 4.10. The van der Waals surface area contributed by atoms with Gasteiger partial charge in [-0.2, -0.15) is 9.67 Å². The van der Waals surface area contributed by atoms with Gasteiger partial charge in [0.15, 0.2) is 0 Å². The molecule has 0 saturated heterocycles. The largest absolute Gasteiger partial charge is 0.383 e. The van der Waals surface area contributed by atoms with E-state index in [9.17, 15) is 0 Å². The second kappa shape index (κ2) is 6.10. The van der Waals surface area contributed by atoms with Crippen LogP contribution in [0, 0.1) is 0 Å². The number of hydrogen-bond acceptors (Lipinski definition) is 5. The van der Waals surface area contributed by atoms with Crippen molar-refractivity contribution in [2.75, 3.05) is 31.3 Å². The lowest BCUT2D eigenvalue weighted by Crippen LogP contribution is -2.09. The Balaban J connectivity index is 2.22. The van der Waals surface area contributed by atoms with E-state index in [1.165, 1.54) is 4.68 Å². The zero-order chi connectivity index (χ0) is 13.8. The van der Waals surface area contributed by atoms with E-state index >= 15 is 0 Å². The van der Waals surface area contributed by atoms with E-state index in [0.29, 0.717) is 34.8 Å². The molecule has 1 heterocycles. The molecule has 0 fully saturated rings. The second-order valence-corrected chi connectivity index (χ2v) is 4.54. The topological polar surface area (TPSA) is 78.0 Å². The summed E-state index contributed by atoms with van der Waals surface area (Å²) < 4.78 is 6.41. The molecule has 0 amide bonds. The van der Waals surface area contributed by atoms with Crippen LogP contribution in [0.15, 0.2) is 18.2 Å². The monoisotopic (exact) mass is 301 g/mol. The van der Waals surface area contributed by atoms with Crippen molar-refractivity contribution in [3.63, 3.8) is 0 Å². The molecular formula is C11H13Cl2N5O. The van der Waals surface area contributed by atoms with Gasteiger partial charge in [0.05, 0.1) is 22.3 Å². The summed E-state index contributed by atoms with van der Waals surface area (Å²) in [6.07, 6.45) is 0. The molecule has 2 rings (SSSR count). The molecule has 0 radical (unpaired) electrons. The lowest BCUT2D eigenvalue weighted by Gasteiger charge is -2.03. The zero-order valence-corrected chi connectivity index (χ0v) is 11.7. The number of methoxy groups -OCH3 is 1. The number of nitrogen functional groups attached to an aromatic ring is 1. The number of nitrogens with zero attached hydrogens (tertiary/aromatic N) is 3. The Morgan fingerprint density at radius 2 is 2.16 bits per heavy atom. The van der Waals surface area contributed by atoms with Crippen LogP contribution >= 0.6 is 23.2 Å². The number of benzene rings is 1. The minimum Gasteiger partial charge on any atom is -0.383 e. The van der Waals surface area contributed by atoms with Crippen LogP contribution in [-0.4, -0.2) is 35.0 Å². The van der Waals surface area contributed by atoms with E-state index in [0.717, 1.165) is 0 Å². The third kappa shape index (κ3) is 3.28. The lowest BCUT2D eigenvalue weighted by atomic mass is 10.3. The van der Waals surface area contributed by atoms with Gasteiger partial charge in [0.25, 0.3) is 0 Å². The molecule has 0 unspecified atom stereocenters. The van der Waals surface area contributed by atoms with Gasteiger partial charge in [0, 0.05) is 13.7 Å². The van der Waals surface area contributed by atoms with Crippen LogP contribution in [0.3, 0.4) is 0 Å². The molecule has 0 aliphatic heterocycles. The number of anilines is 2. The summed E-state index contributed by atoms with van der Waals surface area (Å²) in [5, 5.41) is 8.14. The van der Waals surface area contributed by atoms with E-state index < -0.39 is 0 Å². The molecule has 8 heteroatoms. The van der Waals surface area contributed by atoms with E-state index in [4.69, 9.17) is 33.7 Å². The molecule has 0 spiro atoms. The van der Waals surface area contributed by atoms with Crippen molar-refractivity contribution in [1.29, 1.82) is 0 Å². The molecule has 1 aromatic carbocycles. The third-order valence-corrected chi connectivity index (χ3v) is 3.11. The number of hydrogen-bond donors (Lipinski definition) is 2. The average Bonchev–Trinajstić information content (AvgIpc) is 2.74. The summed E-state index contributed by atoms with van der Waals surface area (Å²) in [6.45, 7) is 1.16. The van der Waals surface area contributed by atoms with Gasteiger partial charge in [-0.3, -0.25) is 0 Å². The molecule has 1 aromatic heterocycles. The SMILES string of the molecule is COCCNc1nc(N)n(-c2ccc(Cl)c(Cl)c2)n1. The van der Waals surface area contributed by atoms with Gasteiger partial charge >= 0.3 is 0 Å². The molecule has 0 saturated carbocycles. The molecule has 6 nitrogen and oxygen atoms in total. The molecule has 19 heavy (non-hydrogen) atoms. The molecule has 3 N–H and O–H groups in total. The van der Waals surface area contributed by atoms with Crippen molar-refractivity contribution < 1.29 is 4.74 Å². The van der Waals surface area contributed by atoms with E-state index in [-0.39, 0.29) is 5.95 Å². The minimum atomic E-state index is 0.262. The minimum absolute atomic E-state index is 0.262. The van der Waals surface area contributed by atoms with Gasteiger partial charge in [-0.05, 0) is 18.2 Å². The van der Waals surface area contributed by atoms with Gasteiger partial charge in [-0.25, -0.2) is 0 Å². The van der Waals surface area contributed by atoms with E-state index in [1.54, 1.807) is 25.3 Å². The van der Waals surface area contributed by atoms with Crippen molar-refractivity contribution in [2.45, 2.75) is 0 Å². The van der Waals surface area contributed by atoms with Gasteiger partial charge < -0.3 is 15.8 Å². The van der Waals surface area contributed by atoms with Crippen molar-refractivity contribution in [3.05, 3.63) is 28.2 Å². The molecule has 2 aromatic rings. The Hall–Kier alpha value is -1.50. The number of rotatable bonds is 5. The van der Waals surface area contributed by atoms with Crippen molar-refractivity contribution in [1.82, 2.24) is 14.8 Å². The Morgan fingerprint density at radius 1 is 1.37 bits per heavy atom. The highest BCUT2D eigenvalue weighted by molar-refractivity contribution is 6.42. The van der Waals surface area contributed by atoms with Crippen LogP contribution in [0.1, 0.15) is 0 Å². The number of ether oxygens (including phenoxy) is 1. The molecule has 0 bridgehead atoms. The average molecular weight is 302 g/mol. The van der Waals surface area contributed by atoms with Gasteiger partial charge in [-0.1, -0.05) is 23.2 Å². The van der Waals surface area contributed by atoms with Crippen LogP contribution in [0.4, 0.5) is 11.9 Å². The normalized spacial score (nSPS) is 10.7. The highest BCUT2D eigenvalue weighted by atomic mass is 35.5. The fourth-order valence-electron chi connectivity index (χ4n) is 1.47. The Kier molecular flexibility index (Phi) is 4.47. The van der Waals surface area contributed by atoms with E-state index in [1.807, 2.05) is 0 Å². The molecule has 0 atom stereocenters. The Bertz CT molecular complexity index is 572. The molecular weight excluding hydrogens is 289 g/mol. The smallest absolute Gasteiger partial charge is 0.244 e. The zero-order valence-electron chi connectivity index (χ0n) is 10.2. The van der Waals surface area contributed by atoms with Gasteiger partial charge in [0.1, 0.15) is 0 Å². The number of nitrogens with two attached hydrogens (primary N) is 1. The maximum Gasteiger partial charge on any atom is 0.244 e. The van der Waals surface area contributed by atoms with E-state index in [2.05, 4.69) is 15.4 Å². The first-order valence-corrected chi connectivity index (χ1v) is 6.28. The standard InChI is InChI=1S/C11H13Cl2N5O/c1-19-5-4-15-11-16-10(14)18(17-11)7-2-3-8(12)9(13)6-7/h2-3,6H,4-5H2,1H3,(H3,14,15,16,17). The fraction of sp³-hybridized carbons (Fsp3) is 0.273. The van der Waals surface area contributed by atoms with Crippen LogP contribution in [-0.2, 0) is 4.74 Å². The number of aromatic nitrogens is 3. The first-order valence-electron chi connectivity index (χ1n) is 5.52. The van der Waals surface area contributed by atoms with Crippen LogP contribution in [0.5, 0.6) is 0 Å². The predicted molar refractivity (Wildman–Crippen MR) is 76.2 cm³/mol. The number of halogens is 2. The fourth-order valence-corrected chi connectivity index (χ4v) is 1.76. The molecule has 0 aliphatic rings. The third-order valence-electron chi connectivity index (χ3n) is 2.37. The molecule has 102 valence electrons. The summed E-state index contributed by atoms with van der Waals surface area (Å²) >= 11 is 11.8. The molecule has 0 aliphatic carbocycles. The first-order chi connectivity index (χ1) is 9.11. The first kappa shape index (κ1) is 13.9. The maximum absolute atomic E-state index is 5.96. The van der Waals surface area contributed by atoms with Crippen LogP contribution in [0.25, 0.3) is 5.69 Å². The summed E-state index contributed by atoms with van der Waals surface area (Å²) in [6, 6.07) is 5.12. The highest BCUT2D eigenvalue weighted by Crippen LogP contribution is 2.25. The summed E-state index contributed by atoms with van der Waals surface area (Å²) in [5.74, 6) is 0.693. The van der Waals surface area contributed by atoms with Crippen LogP contribution in [0.2, 0.25) is 10.0 Å². The number of nitrogens with one attached hydrogen (secondary N) is 1. The Morgan fingerprint density at radius 3 is 2.84 bits per heavy atom.